The average Bonchev–Trinajstić information content (AvgIpc) is 3.64. The fourth-order valence-electron chi connectivity index (χ4n) is 7.79. The van der Waals surface area contributed by atoms with E-state index in [0.29, 0.717) is 0 Å². The molecule has 1 heterocycles. The van der Waals surface area contributed by atoms with Crippen LogP contribution in [-0.4, -0.2) is 0 Å². The predicted molar refractivity (Wildman–Crippen MR) is 228 cm³/mol. The molecule has 0 aliphatic heterocycles. The van der Waals surface area contributed by atoms with Crippen LogP contribution in [0.15, 0.2) is 217 Å². The van der Waals surface area contributed by atoms with Gasteiger partial charge in [-0.05, 0) is 81.4 Å². The summed E-state index contributed by atoms with van der Waals surface area (Å²) in [6.07, 6.45) is 0. The van der Waals surface area contributed by atoms with E-state index in [1.165, 1.54) is 27.8 Å². The molecule has 0 atom stereocenters. The molecule has 0 N–H and O–H groups in total. The molecule has 9 aromatic carbocycles. The predicted octanol–water partition coefficient (Wildman–Crippen LogP) is 14.9. The SMILES string of the molecule is c1ccc(-c2ccc(N(c3ccc(-c4ccccc4)cc3)c3cc4c5cc(-c6ccccc6)cc(-c6ccccc6)c5oc4c4ccccc34)cc2)cc1. The second kappa shape index (κ2) is 13.4. The topological polar surface area (TPSA) is 16.4 Å². The van der Waals surface area contributed by atoms with Crippen molar-refractivity contribution in [1.82, 2.24) is 0 Å². The number of fused-ring (bicyclic) bond motifs is 5. The molecule has 0 spiro atoms. The molecule has 2 heteroatoms. The third-order valence-corrected chi connectivity index (χ3v) is 10.5. The fourth-order valence-corrected chi connectivity index (χ4v) is 7.79. The Morgan fingerprint density at radius 1 is 0.278 bits per heavy atom. The first-order valence-electron chi connectivity index (χ1n) is 18.4. The molecule has 0 fully saturated rings. The van der Waals surface area contributed by atoms with Crippen molar-refractivity contribution in [2.75, 3.05) is 4.90 Å². The van der Waals surface area contributed by atoms with Crippen LogP contribution in [-0.2, 0) is 0 Å². The lowest BCUT2D eigenvalue weighted by Gasteiger charge is -2.27. The molecule has 254 valence electrons. The largest absolute Gasteiger partial charge is 0.455 e. The van der Waals surface area contributed by atoms with Crippen molar-refractivity contribution in [3.05, 3.63) is 212 Å². The molecule has 10 rings (SSSR count). The first kappa shape index (κ1) is 31.6. The molecule has 54 heavy (non-hydrogen) atoms. The summed E-state index contributed by atoms with van der Waals surface area (Å²) < 4.78 is 7.00. The highest BCUT2D eigenvalue weighted by Gasteiger charge is 2.22. The number of rotatable bonds is 7. The Labute approximate surface area is 314 Å². The van der Waals surface area contributed by atoms with Gasteiger partial charge in [0.05, 0.1) is 5.69 Å². The third kappa shape index (κ3) is 5.62. The third-order valence-electron chi connectivity index (χ3n) is 10.5. The number of hydrogen-bond donors (Lipinski definition) is 0. The van der Waals surface area contributed by atoms with Crippen LogP contribution in [0.3, 0.4) is 0 Å². The maximum Gasteiger partial charge on any atom is 0.143 e. The maximum absolute atomic E-state index is 7.00. The molecular formula is C52H35NO. The van der Waals surface area contributed by atoms with Crippen LogP contribution in [0.2, 0.25) is 0 Å². The number of anilines is 3. The molecule has 0 saturated heterocycles. The van der Waals surface area contributed by atoms with E-state index in [9.17, 15) is 0 Å². The van der Waals surface area contributed by atoms with Crippen LogP contribution in [0, 0.1) is 0 Å². The minimum absolute atomic E-state index is 0.893. The summed E-state index contributed by atoms with van der Waals surface area (Å²) in [4.78, 5) is 2.39. The van der Waals surface area contributed by atoms with Crippen LogP contribution in [0.25, 0.3) is 77.2 Å². The molecule has 0 unspecified atom stereocenters. The van der Waals surface area contributed by atoms with Crippen molar-refractivity contribution in [2.24, 2.45) is 0 Å². The summed E-state index contributed by atoms with van der Waals surface area (Å²) in [6.45, 7) is 0. The van der Waals surface area contributed by atoms with Gasteiger partial charge in [0.15, 0.2) is 0 Å². The number of hydrogen-bond acceptors (Lipinski definition) is 2. The van der Waals surface area contributed by atoms with Crippen LogP contribution in [0.4, 0.5) is 17.1 Å². The Morgan fingerprint density at radius 3 is 1.20 bits per heavy atom. The van der Waals surface area contributed by atoms with E-state index in [0.717, 1.165) is 66.5 Å². The zero-order valence-corrected chi connectivity index (χ0v) is 29.6. The van der Waals surface area contributed by atoms with Gasteiger partial charge in [-0.15, -0.1) is 0 Å². The monoisotopic (exact) mass is 689 g/mol. The van der Waals surface area contributed by atoms with Crippen molar-refractivity contribution in [3.8, 4) is 44.5 Å². The van der Waals surface area contributed by atoms with Gasteiger partial charge in [-0.3, -0.25) is 0 Å². The molecule has 1 aromatic heterocycles. The highest BCUT2D eigenvalue weighted by molar-refractivity contribution is 6.21. The Kier molecular flexibility index (Phi) is 7.85. The Morgan fingerprint density at radius 2 is 0.685 bits per heavy atom. The van der Waals surface area contributed by atoms with Crippen molar-refractivity contribution in [3.63, 3.8) is 0 Å². The second-order valence-electron chi connectivity index (χ2n) is 13.7. The highest BCUT2D eigenvalue weighted by Crippen LogP contribution is 2.47. The van der Waals surface area contributed by atoms with Gasteiger partial charge in [0.1, 0.15) is 11.2 Å². The minimum atomic E-state index is 0.893. The van der Waals surface area contributed by atoms with Crippen LogP contribution < -0.4 is 4.90 Å². The summed E-state index contributed by atoms with van der Waals surface area (Å²) in [5.41, 5.74) is 14.3. The van der Waals surface area contributed by atoms with E-state index in [4.69, 9.17) is 4.42 Å². The number of benzene rings is 9. The Bertz CT molecular complexity index is 2800. The number of nitrogens with zero attached hydrogens (tertiary/aromatic N) is 1. The first-order chi connectivity index (χ1) is 26.8. The zero-order chi connectivity index (χ0) is 35.8. The summed E-state index contributed by atoms with van der Waals surface area (Å²) in [5, 5.41) is 4.37. The van der Waals surface area contributed by atoms with E-state index in [-0.39, 0.29) is 0 Å². The smallest absolute Gasteiger partial charge is 0.143 e. The minimum Gasteiger partial charge on any atom is -0.455 e. The maximum atomic E-state index is 7.00. The van der Waals surface area contributed by atoms with Gasteiger partial charge in [-0.25, -0.2) is 0 Å². The molecule has 0 amide bonds. The molecule has 10 aromatic rings. The second-order valence-corrected chi connectivity index (χ2v) is 13.7. The van der Waals surface area contributed by atoms with Gasteiger partial charge >= 0.3 is 0 Å². The van der Waals surface area contributed by atoms with Crippen LogP contribution in [0.5, 0.6) is 0 Å². The summed E-state index contributed by atoms with van der Waals surface area (Å²) >= 11 is 0. The van der Waals surface area contributed by atoms with Gasteiger partial charge in [0, 0.05) is 38.5 Å². The van der Waals surface area contributed by atoms with Gasteiger partial charge in [-0.2, -0.15) is 0 Å². The normalized spacial score (nSPS) is 11.3. The molecule has 0 saturated carbocycles. The molecule has 0 radical (unpaired) electrons. The zero-order valence-electron chi connectivity index (χ0n) is 29.6. The summed E-state index contributed by atoms with van der Waals surface area (Å²) in [7, 11) is 0. The van der Waals surface area contributed by atoms with Gasteiger partial charge < -0.3 is 9.32 Å². The highest BCUT2D eigenvalue weighted by atomic mass is 16.3. The van der Waals surface area contributed by atoms with Crippen molar-refractivity contribution in [1.29, 1.82) is 0 Å². The molecule has 0 bridgehead atoms. The first-order valence-corrected chi connectivity index (χ1v) is 18.4. The fraction of sp³-hybridized carbons (Fsp3) is 0. The summed E-state index contributed by atoms with van der Waals surface area (Å²) in [6, 6.07) is 75.7. The average molecular weight is 690 g/mol. The Balaban J connectivity index is 1.23. The van der Waals surface area contributed by atoms with Crippen LogP contribution >= 0.6 is 0 Å². The summed E-state index contributed by atoms with van der Waals surface area (Å²) in [5.74, 6) is 0. The number of furan rings is 1. The van der Waals surface area contributed by atoms with Gasteiger partial charge in [0.25, 0.3) is 0 Å². The molecule has 0 aliphatic rings. The van der Waals surface area contributed by atoms with E-state index >= 15 is 0 Å². The van der Waals surface area contributed by atoms with E-state index in [1.807, 2.05) is 0 Å². The quantitative estimate of drug-likeness (QED) is 0.166. The molecular weight excluding hydrogens is 655 g/mol. The Hall–Kier alpha value is -7.16. The molecule has 0 aliphatic carbocycles. The van der Waals surface area contributed by atoms with Gasteiger partial charge in [0.2, 0.25) is 0 Å². The lowest BCUT2D eigenvalue weighted by atomic mass is 9.95. The van der Waals surface area contributed by atoms with Crippen molar-refractivity contribution >= 4 is 49.8 Å². The van der Waals surface area contributed by atoms with Crippen molar-refractivity contribution < 1.29 is 4.42 Å². The molecule has 2 nitrogen and oxygen atoms in total. The van der Waals surface area contributed by atoms with Crippen LogP contribution in [0.1, 0.15) is 0 Å². The lowest BCUT2D eigenvalue weighted by molar-refractivity contribution is 0.674. The van der Waals surface area contributed by atoms with Gasteiger partial charge in [-0.1, -0.05) is 170 Å². The van der Waals surface area contributed by atoms with E-state index < -0.39 is 0 Å². The van der Waals surface area contributed by atoms with E-state index in [2.05, 4.69) is 217 Å². The van der Waals surface area contributed by atoms with E-state index in [1.54, 1.807) is 0 Å². The standard InChI is InChI=1S/C52H35NO/c1-5-15-36(16-6-1)39-25-29-43(30-26-39)53(44-31-27-40(28-32-44)37-17-7-2-8-18-37)50-35-49-48-34-42(38-19-9-3-10-20-38)33-47(41-21-11-4-12-22-41)52(48)54-51(49)46-24-14-13-23-45(46)50/h1-35H. The van der Waals surface area contributed by atoms with Crippen molar-refractivity contribution in [2.45, 2.75) is 0 Å². The lowest BCUT2D eigenvalue weighted by Crippen LogP contribution is -2.10.